The number of nitrogens with zero attached hydrogens (tertiary/aromatic N) is 2. The third-order valence-corrected chi connectivity index (χ3v) is 5.13. The fraction of sp³-hybridized carbons (Fsp3) is 0.238. The fourth-order valence-corrected chi connectivity index (χ4v) is 3.50. The summed E-state index contributed by atoms with van der Waals surface area (Å²) in [6, 6.07) is 14.9. The Balaban J connectivity index is 1.87. The second kappa shape index (κ2) is 6.42. The van der Waals surface area contributed by atoms with Crippen LogP contribution in [0.2, 0.25) is 0 Å². The van der Waals surface area contributed by atoms with Crippen LogP contribution < -0.4 is 10.2 Å². The number of hydrogen-bond donors (Lipinski definition) is 1. The number of likely N-dealkylation sites (N-methyl/N-ethyl adjacent to an activating group) is 1. The standard InChI is InChI=1S/C21H21N3O2/c1-14-13-15(11-12-23(14)2)21(26)24-18-9-5-3-7-16(18)20(25)22-17-8-4-6-10-19(17)24/h3-10,13-14H,11-12H2,1-2H3,(H,22,25). The van der Waals surface area contributed by atoms with E-state index in [1.165, 1.54) is 0 Å². The van der Waals surface area contributed by atoms with Gasteiger partial charge in [0.1, 0.15) is 0 Å². The molecule has 1 N–H and O–H groups in total. The summed E-state index contributed by atoms with van der Waals surface area (Å²) in [5.74, 6) is -0.268. The summed E-state index contributed by atoms with van der Waals surface area (Å²) in [4.78, 5) is 30.0. The summed E-state index contributed by atoms with van der Waals surface area (Å²) in [6.45, 7) is 2.93. The number of carbonyl (C=O) groups is 2. The van der Waals surface area contributed by atoms with Crippen LogP contribution in [-0.4, -0.2) is 36.3 Å². The van der Waals surface area contributed by atoms with Crippen LogP contribution in [-0.2, 0) is 4.79 Å². The van der Waals surface area contributed by atoms with Crippen LogP contribution >= 0.6 is 0 Å². The van der Waals surface area contributed by atoms with E-state index in [2.05, 4.69) is 24.2 Å². The van der Waals surface area contributed by atoms with Crippen molar-refractivity contribution in [1.29, 1.82) is 0 Å². The number of hydrogen-bond acceptors (Lipinski definition) is 3. The minimum atomic E-state index is -0.200. The fourth-order valence-electron chi connectivity index (χ4n) is 3.50. The van der Waals surface area contributed by atoms with Crippen molar-refractivity contribution in [2.45, 2.75) is 19.4 Å². The lowest BCUT2D eigenvalue weighted by atomic mass is 10.0. The summed E-state index contributed by atoms with van der Waals surface area (Å²) in [5.41, 5.74) is 3.24. The molecule has 2 aliphatic rings. The lowest BCUT2D eigenvalue weighted by Gasteiger charge is -2.31. The number of benzene rings is 2. The van der Waals surface area contributed by atoms with Gasteiger partial charge in [0.2, 0.25) is 0 Å². The molecule has 0 spiro atoms. The van der Waals surface area contributed by atoms with Crippen LogP contribution in [0.25, 0.3) is 0 Å². The topological polar surface area (TPSA) is 52.7 Å². The van der Waals surface area contributed by atoms with Crippen LogP contribution in [0, 0.1) is 0 Å². The first kappa shape index (κ1) is 16.5. The van der Waals surface area contributed by atoms with Crippen LogP contribution in [0.1, 0.15) is 23.7 Å². The molecule has 5 heteroatoms. The van der Waals surface area contributed by atoms with E-state index in [1.807, 2.05) is 48.5 Å². The second-order valence-corrected chi connectivity index (χ2v) is 6.79. The maximum Gasteiger partial charge on any atom is 0.258 e. The van der Waals surface area contributed by atoms with Gasteiger partial charge in [0, 0.05) is 18.2 Å². The van der Waals surface area contributed by atoms with E-state index in [1.54, 1.807) is 11.0 Å². The van der Waals surface area contributed by atoms with Gasteiger partial charge in [-0.3, -0.25) is 19.4 Å². The number of fused-ring (bicyclic) bond motifs is 2. The predicted octanol–water partition coefficient (Wildman–Crippen LogP) is 3.57. The van der Waals surface area contributed by atoms with Crippen LogP contribution in [0.15, 0.2) is 60.2 Å². The van der Waals surface area contributed by atoms with Crippen molar-refractivity contribution in [2.24, 2.45) is 0 Å². The minimum absolute atomic E-state index is 0.0682. The molecule has 0 saturated carbocycles. The molecule has 0 radical (unpaired) electrons. The van der Waals surface area contributed by atoms with Gasteiger partial charge in [-0.25, -0.2) is 0 Å². The molecule has 132 valence electrons. The van der Waals surface area contributed by atoms with Gasteiger partial charge < -0.3 is 5.32 Å². The van der Waals surface area contributed by atoms with E-state index >= 15 is 0 Å². The number of nitrogens with one attached hydrogen (secondary N) is 1. The largest absolute Gasteiger partial charge is 0.320 e. The van der Waals surface area contributed by atoms with Crippen LogP contribution in [0.4, 0.5) is 17.1 Å². The Hall–Kier alpha value is -2.92. The highest BCUT2D eigenvalue weighted by atomic mass is 16.2. The van der Waals surface area contributed by atoms with E-state index in [9.17, 15) is 9.59 Å². The number of carbonyl (C=O) groups excluding carboxylic acids is 2. The van der Waals surface area contributed by atoms with E-state index < -0.39 is 0 Å². The summed E-state index contributed by atoms with van der Waals surface area (Å²) in [6.07, 6.45) is 2.72. The average Bonchev–Trinajstić information content (AvgIpc) is 2.77. The first-order valence-electron chi connectivity index (χ1n) is 8.81. The Morgan fingerprint density at radius 3 is 2.54 bits per heavy atom. The summed E-state index contributed by atoms with van der Waals surface area (Å²) in [7, 11) is 2.06. The number of anilines is 3. The molecule has 0 fully saturated rings. The normalized spacial score (nSPS) is 19.8. The molecule has 2 heterocycles. The quantitative estimate of drug-likeness (QED) is 0.858. The molecule has 26 heavy (non-hydrogen) atoms. The number of para-hydroxylation sites is 3. The van der Waals surface area contributed by atoms with Crippen molar-refractivity contribution in [2.75, 3.05) is 23.8 Å². The summed E-state index contributed by atoms with van der Waals surface area (Å²) >= 11 is 0. The second-order valence-electron chi connectivity index (χ2n) is 6.79. The molecule has 1 atom stereocenters. The average molecular weight is 347 g/mol. The molecule has 4 rings (SSSR count). The van der Waals surface area contributed by atoms with E-state index in [0.717, 1.165) is 12.1 Å². The number of rotatable bonds is 1. The van der Waals surface area contributed by atoms with Gasteiger partial charge in [0.05, 0.1) is 22.6 Å². The molecule has 0 bridgehead atoms. The highest BCUT2D eigenvalue weighted by Crippen LogP contribution is 2.39. The van der Waals surface area contributed by atoms with Crippen molar-refractivity contribution in [3.05, 3.63) is 65.7 Å². The van der Waals surface area contributed by atoms with Crippen LogP contribution in [0.3, 0.4) is 0 Å². The maximum atomic E-state index is 13.5. The zero-order valence-electron chi connectivity index (χ0n) is 14.9. The van der Waals surface area contributed by atoms with E-state index in [-0.39, 0.29) is 17.9 Å². The highest BCUT2D eigenvalue weighted by Gasteiger charge is 2.31. The van der Waals surface area contributed by atoms with Crippen molar-refractivity contribution >= 4 is 28.9 Å². The van der Waals surface area contributed by atoms with Crippen LogP contribution in [0.5, 0.6) is 0 Å². The molecule has 0 saturated heterocycles. The Morgan fingerprint density at radius 2 is 1.77 bits per heavy atom. The van der Waals surface area contributed by atoms with Crippen molar-refractivity contribution in [3.63, 3.8) is 0 Å². The molecule has 0 aliphatic carbocycles. The van der Waals surface area contributed by atoms with Gasteiger partial charge in [0.15, 0.2) is 0 Å². The van der Waals surface area contributed by atoms with Gasteiger partial charge in [-0.05, 0) is 44.7 Å². The summed E-state index contributed by atoms with van der Waals surface area (Å²) < 4.78 is 0. The van der Waals surface area contributed by atoms with Gasteiger partial charge in [0.25, 0.3) is 11.8 Å². The monoisotopic (exact) mass is 347 g/mol. The van der Waals surface area contributed by atoms with E-state index in [4.69, 9.17) is 0 Å². The molecule has 1 unspecified atom stereocenters. The molecular weight excluding hydrogens is 326 g/mol. The van der Waals surface area contributed by atoms with Gasteiger partial charge in [-0.1, -0.05) is 30.3 Å². The lowest BCUT2D eigenvalue weighted by Crippen LogP contribution is -2.37. The Labute approximate surface area is 152 Å². The molecular formula is C21H21N3O2. The van der Waals surface area contributed by atoms with Crippen molar-refractivity contribution < 1.29 is 9.59 Å². The lowest BCUT2D eigenvalue weighted by molar-refractivity contribution is -0.114. The molecule has 5 nitrogen and oxygen atoms in total. The van der Waals surface area contributed by atoms with E-state index in [0.29, 0.717) is 29.0 Å². The van der Waals surface area contributed by atoms with Gasteiger partial charge >= 0.3 is 0 Å². The Bertz CT molecular complexity index is 919. The molecule has 2 aliphatic heterocycles. The third kappa shape index (κ3) is 2.70. The third-order valence-electron chi connectivity index (χ3n) is 5.13. The minimum Gasteiger partial charge on any atom is -0.320 e. The van der Waals surface area contributed by atoms with Crippen molar-refractivity contribution in [3.8, 4) is 0 Å². The number of amides is 2. The molecule has 2 aromatic carbocycles. The first-order valence-corrected chi connectivity index (χ1v) is 8.81. The summed E-state index contributed by atoms with van der Waals surface area (Å²) in [5, 5.41) is 2.92. The SMILES string of the molecule is CC1C=C(C(=O)N2c3ccccc3NC(=O)c3ccccc32)CCN1C. The smallest absolute Gasteiger partial charge is 0.258 e. The first-order chi connectivity index (χ1) is 12.6. The Morgan fingerprint density at radius 1 is 1.08 bits per heavy atom. The Kier molecular flexibility index (Phi) is 4.09. The molecule has 0 aromatic heterocycles. The van der Waals surface area contributed by atoms with Gasteiger partial charge in [-0.15, -0.1) is 0 Å². The highest BCUT2D eigenvalue weighted by molar-refractivity contribution is 6.20. The van der Waals surface area contributed by atoms with Crippen molar-refractivity contribution in [1.82, 2.24) is 4.90 Å². The zero-order chi connectivity index (χ0) is 18.3. The zero-order valence-corrected chi connectivity index (χ0v) is 14.9. The maximum absolute atomic E-state index is 13.5. The van der Waals surface area contributed by atoms with Gasteiger partial charge in [-0.2, -0.15) is 0 Å². The predicted molar refractivity (Wildman–Crippen MR) is 103 cm³/mol. The molecule has 2 amide bonds. The molecule has 2 aromatic rings.